The van der Waals surface area contributed by atoms with Crippen molar-refractivity contribution >= 4 is 63.8 Å². The quantitative estimate of drug-likeness (QED) is 0.718. The maximum atomic E-state index is 12.6. The third-order valence-corrected chi connectivity index (χ3v) is 5.98. The fourth-order valence-corrected chi connectivity index (χ4v) is 4.87. The van der Waals surface area contributed by atoms with Crippen molar-refractivity contribution in [3.05, 3.63) is 49.8 Å². The largest absolute Gasteiger partial charge is 0.365 e. The van der Waals surface area contributed by atoms with Crippen LogP contribution in [0.25, 0.3) is 0 Å². The standard InChI is InChI=1S/C18H19Cl2N3O2S.ClH/c1-9(2)23-4-3-13-14(8-23)26-18(15(13)16(21)24)22-17(25)10-5-11(19)7-12(20)6-10;/h5-7,9H,3-4,8H2,1-2H3,(H2,21,24)(H,22,25);1H. The van der Waals surface area contributed by atoms with E-state index in [4.69, 9.17) is 28.9 Å². The second kappa shape index (κ2) is 8.80. The Morgan fingerprint density at radius 3 is 2.41 bits per heavy atom. The molecule has 27 heavy (non-hydrogen) atoms. The van der Waals surface area contributed by atoms with Crippen LogP contribution in [0.1, 0.15) is 45.0 Å². The van der Waals surface area contributed by atoms with Gasteiger partial charge in [-0.15, -0.1) is 23.7 Å². The van der Waals surface area contributed by atoms with E-state index in [9.17, 15) is 9.59 Å². The molecule has 0 spiro atoms. The lowest BCUT2D eigenvalue weighted by atomic mass is 10.0. The van der Waals surface area contributed by atoms with Crippen molar-refractivity contribution in [1.82, 2.24) is 4.90 Å². The summed E-state index contributed by atoms with van der Waals surface area (Å²) in [5.74, 6) is -0.906. The highest BCUT2D eigenvalue weighted by Crippen LogP contribution is 2.37. The van der Waals surface area contributed by atoms with Crippen LogP contribution in [0.4, 0.5) is 5.00 Å². The van der Waals surface area contributed by atoms with Gasteiger partial charge in [0.05, 0.1) is 5.56 Å². The molecule has 1 aliphatic rings. The zero-order valence-electron chi connectivity index (χ0n) is 14.8. The number of halogens is 3. The minimum atomic E-state index is -0.528. The number of thiophene rings is 1. The lowest BCUT2D eigenvalue weighted by Gasteiger charge is -2.30. The molecular weight excluding hydrogens is 429 g/mol. The number of primary amides is 1. The molecule has 0 saturated carbocycles. The summed E-state index contributed by atoms with van der Waals surface area (Å²) in [6, 6.07) is 5.02. The summed E-state index contributed by atoms with van der Waals surface area (Å²) < 4.78 is 0. The molecule has 1 aromatic heterocycles. The molecule has 1 aliphatic heterocycles. The number of benzene rings is 1. The number of fused-ring (bicyclic) bond motifs is 1. The first-order chi connectivity index (χ1) is 12.3. The van der Waals surface area contributed by atoms with Gasteiger partial charge in [-0.2, -0.15) is 0 Å². The van der Waals surface area contributed by atoms with Gasteiger partial charge >= 0.3 is 0 Å². The Morgan fingerprint density at radius 1 is 1.22 bits per heavy atom. The molecule has 2 heterocycles. The van der Waals surface area contributed by atoms with E-state index in [1.165, 1.54) is 23.5 Å². The number of amides is 2. The first kappa shape index (κ1) is 22.0. The second-order valence-corrected chi connectivity index (χ2v) is 8.48. The van der Waals surface area contributed by atoms with E-state index >= 15 is 0 Å². The predicted octanol–water partition coefficient (Wildman–Crippen LogP) is 4.59. The molecule has 3 rings (SSSR count). The van der Waals surface area contributed by atoms with Crippen LogP contribution in [0, 0.1) is 0 Å². The van der Waals surface area contributed by atoms with Gasteiger partial charge in [0.25, 0.3) is 11.8 Å². The SMILES string of the molecule is CC(C)N1CCc2c(sc(NC(=O)c3cc(Cl)cc(Cl)c3)c2C(N)=O)C1.Cl. The molecule has 0 bridgehead atoms. The van der Waals surface area contributed by atoms with Gasteiger partial charge in [-0.3, -0.25) is 14.5 Å². The molecule has 0 fully saturated rings. The third-order valence-electron chi connectivity index (χ3n) is 4.41. The number of nitrogens with one attached hydrogen (secondary N) is 1. The van der Waals surface area contributed by atoms with Crippen molar-refractivity contribution in [2.45, 2.75) is 32.9 Å². The number of carbonyl (C=O) groups is 2. The van der Waals surface area contributed by atoms with E-state index in [0.717, 1.165) is 30.0 Å². The topological polar surface area (TPSA) is 75.4 Å². The van der Waals surface area contributed by atoms with Crippen LogP contribution in [0.5, 0.6) is 0 Å². The minimum Gasteiger partial charge on any atom is -0.365 e. The third kappa shape index (κ3) is 4.76. The van der Waals surface area contributed by atoms with Crippen LogP contribution in [0.3, 0.4) is 0 Å². The molecule has 1 aromatic carbocycles. The van der Waals surface area contributed by atoms with E-state index in [0.29, 0.717) is 32.2 Å². The van der Waals surface area contributed by atoms with Crippen molar-refractivity contribution in [3.8, 4) is 0 Å². The van der Waals surface area contributed by atoms with Crippen molar-refractivity contribution in [2.24, 2.45) is 5.73 Å². The summed E-state index contributed by atoms with van der Waals surface area (Å²) in [7, 11) is 0. The first-order valence-corrected chi connectivity index (χ1v) is 9.79. The van der Waals surface area contributed by atoms with Crippen LogP contribution in [-0.4, -0.2) is 29.3 Å². The molecule has 3 N–H and O–H groups in total. The Balaban J connectivity index is 0.00000261. The van der Waals surface area contributed by atoms with Gasteiger partial charge in [-0.25, -0.2) is 0 Å². The Morgan fingerprint density at radius 2 is 1.85 bits per heavy atom. The summed E-state index contributed by atoms with van der Waals surface area (Å²) in [6.07, 6.45) is 0.737. The fourth-order valence-electron chi connectivity index (χ4n) is 3.07. The average molecular weight is 449 g/mol. The highest BCUT2D eigenvalue weighted by molar-refractivity contribution is 7.17. The molecule has 2 aromatic rings. The molecule has 0 radical (unpaired) electrons. The van der Waals surface area contributed by atoms with Crippen molar-refractivity contribution in [1.29, 1.82) is 0 Å². The Bertz CT molecular complexity index is 863. The van der Waals surface area contributed by atoms with Gasteiger partial charge in [0, 0.05) is 39.6 Å². The van der Waals surface area contributed by atoms with Crippen molar-refractivity contribution in [2.75, 3.05) is 11.9 Å². The molecule has 0 saturated heterocycles. The zero-order chi connectivity index (χ0) is 19.0. The molecule has 0 unspecified atom stereocenters. The molecule has 0 atom stereocenters. The van der Waals surface area contributed by atoms with E-state index in [1.807, 2.05) is 0 Å². The molecule has 5 nitrogen and oxygen atoms in total. The number of nitrogens with two attached hydrogens (primary N) is 1. The molecule has 0 aliphatic carbocycles. The highest BCUT2D eigenvalue weighted by Gasteiger charge is 2.28. The van der Waals surface area contributed by atoms with Gasteiger partial charge in [0.1, 0.15) is 5.00 Å². The van der Waals surface area contributed by atoms with E-state index < -0.39 is 5.91 Å². The van der Waals surface area contributed by atoms with E-state index in [-0.39, 0.29) is 18.3 Å². The normalized spacial score (nSPS) is 13.8. The summed E-state index contributed by atoms with van der Waals surface area (Å²) in [4.78, 5) is 28.0. The monoisotopic (exact) mass is 447 g/mol. The first-order valence-electron chi connectivity index (χ1n) is 8.22. The second-order valence-electron chi connectivity index (χ2n) is 6.50. The van der Waals surface area contributed by atoms with Gasteiger partial charge in [0.15, 0.2) is 0 Å². The lowest BCUT2D eigenvalue weighted by molar-refractivity contribution is 0.0999. The predicted molar refractivity (Wildman–Crippen MR) is 114 cm³/mol. The van der Waals surface area contributed by atoms with E-state index in [2.05, 4.69) is 24.1 Å². The Hall–Kier alpha value is -1.31. The molecule has 9 heteroatoms. The summed E-state index contributed by atoms with van der Waals surface area (Å²) in [5, 5.41) is 4.03. The maximum Gasteiger partial charge on any atom is 0.256 e. The molecule has 2 amide bonds. The number of nitrogens with zero attached hydrogens (tertiary/aromatic N) is 1. The number of hydrogen-bond acceptors (Lipinski definition) is 4. The fraction of sp³-hybridized carbons (Fsp3) is 0.333. The van der Waals surface area contributed by atoms with Gasteiger partial charge in [-0.1, -0.05) is 23.2 Å². The number of rotatable bonds is 4. The van der Waals surface area contributed by atoms with E-state index in [1.54, 1.807) is 6.07 Å². The van der Waals surface area contributed by atoms with Crippen LogP contribution < -0.4 is 11.1 Å². The van der Waals surface area contributed by atoms with Crippen molar-refractivity contribution < 1.29 is 9.59 Å². The molecular formula is C18H20Cl3N3O2S. The smallest absolute Gasteiger partial charge is 0.256 e. The summed E-state index contributed by atoms with van der Waals surface area (Å²) in [6.45, 7) is 5.88. The van der Waals surface area contributed by atoms with Crippen LogP contribution >= 0.6 is 46.9 Å². The minimum absolute atomic E-state index is 0. The Kier molecular flexibility index (Phi) is 7.16. The highest BCUT2D eigenvalue weighted by atomic mass is 35.5. The summed E-state index contributed by atoms with van der Waals surface area (Å²) >= 11 is 13.3. The van der Waals surface area contributed by atoms with Gasteiger partial charge in [0.2, 0.25) is 0 Å². The maximum absolute atomic E-state index is 12.6. The van der Waals surface area contributed by atoms with Gasteiger partial charge < -0.3 is 11.1 Å². The summed E-state index contributed by atoms with van der Waals surface area (Å²) in [5.41, 5.74) is 7.28. The zero-order valence-corrected chi connectivity index (χ0v) is 18.0. The Labute approximate surface area is 178 Å². The number of hydrogen-bond donors (Lipinski definition) is 2. The lowest BCUT2D eigenvalue weighted by Crippen LogP contribution is -2.35. The van der Waals surface area contributed by atoms with Crippen LogP contribution in [0.2, 0.25) is 10.0 Å². The number of anilines is 1. The molecule has 146 valence electrons. The average Bonchev–Trinajstić information content (AvgIpc) is 2.90. The van der Waals surface area contributed by atoms with Crippen molar-refractivity contribution in [3.63, 3.8) is 0 Å². The van der Waals surface area contributed by atoms with Gasteiger partial charge in [-0.05, 0) is 44.0 Å². The number of carbonyl (C=O) groups excluding carboxylic acids is 2. The van der Waals surface area contributed by atoms with Crippen LogP contribution in [-0.2, 0) is 13.0 Å². The van der Waals surface area contributed by atoms with Crippen LogP contribution in [0.15, 0.2) is 18.2 Å².